The van der Waals surface area contributed by atoms with Gasteiger partial charge in [0, 0.05) is 3.57 Å². The predicted molar refractivity (Wildman–Crippen MR) is 63.8 cm³/mol. The van der Waals surface area contributed by atoms with Crippen molar-refractivity contribution in [2.75, 3.05) is 0 Å². The Kier molecular flexibility index (Phi) is 2.70. The molecule has 0 spiro atoms. The first-order valence-corrected chi connectivity index (χ1v) is 5.85. The number of fused-ring (bicyclic) bond motifs is 1. The summed E-state index contributed by atoms with van der Waals surface area (Å²) in [5, 5.41) is 9.34. The van der Waals surface area contributed by atoms with Crippen LogP contribution in [0.1, 0.15) is 5.56 Å². The Morgan fingerprint density at radius 2 is 2.29 bits per heavy atom. The first-order valence-electron chi connectivity index (χ1n) is 3.95. The molecule has 0 unspecified atom stereocenters. The number of benzene rings is 1. The van der Waals surface area contributed by atoms with Crippen molar-refractivity contribution in [1.29, 1.82) is 5.26 Å². The molecule has 2 aromatic rings. The van der Waals surface area contributed by atoms with Gasteiger partial charge in [-0.25, -0.2) is 0 Å². The molecule has 0 radical (unpaired) electrons. The average Bonchev–Trinajstić information content (AvgIpc) is 2.52. The van der Waals surface area contributed by atoms with Crippen LogP contribution in [0.3, 0.4) is 0 Å². The molecule has 0 aliphatic heterocycles. The summed E-state index contributed by atoms with van der Waals surface area (Å²) in [6.07, 6.45) is 0.383. The van der Waals surface area contributed by atoms with E-state index in [1.54, 1.807) is 0 Å². The molecule has 0 amide bonds. The zero-order chi connectivity index (χ0) is 10.1. The van der Waals surface area contributed by atoms with Gasteiger partial charge in [-0.05, 0) is 39.6 Å². The van der Waals surface area contributed by atoms with Gasteiger partial charge in [0.05, 0.1) is 17.2 Å². The molecule has 1 aromatic carbocycles. The zero-order valence-electron chi connectivity index (χ0n) is 7.05. The lowest BCUT2D eigenvalue weighted by molar-refractivity contribution is 0.658. The molecule has 1 nitrogen and oxygen atoms in total. The molecule has 0 saturated carbocycles. The van der Waals surface area contributed by atoms with Crippen LogP contribution in [-0.4, -0.2) is 0 Å². The number of nitriles is 1. The summed E-state index contributed by atoms with van der Waals surface area (Å²) in [6.45, 7) is 0. The third-order valence-electron chi connectivity index (χ3n) is 1.95. The summed E-state index contributed by atoms with van der Waals surface area (Å²) in [6, 6.07) is 7.38. The Morgan fingerprint density at radius 1 is 1.50 bits per heavy atom. The highest BCUT2D eigenvalue weighted by Gasteiger charge is 2.08. The van der Waals surface area contributed by atoms with Gasteiger partial charge < -0.3 is 0 Å². The van der Waals surface area contributed by atoms with E-state index >= 15 is 0 Å². The second kappa shape index (κ2) is 3.83. The monoisotopic (exact) mass is 317 g/mol. The van der Waals surface area contributed by atoms with Gasteiger partial charge in [-0.2, -0.15) is 9.65 Å². The predicted octanol–water partition coefficient (Wildman–Crippen LogP) is 3.71. The fourth-order valence-electron chi connectivity index (χ4n) is 1.30. The van der Waals surface area contributed by atoms with E-state index in [0.717, 1.165) is 30.6 Å². The van der Waals surface area contributed by atoms with Crippen molar-refractivity contribution in [2.45, 2.75) is 6.42 Å². The molecule has 0 bridgehead atoms. The van der Waals surface area contributed by atoms with Crippen molar-refractivity contribution >= 4 is 44.0 Å². The molecule has 2 rings (SSSR count). The summed E-state index contributed by atoms with van der Waals surface area (Å²) in [5.41, 5.74) is 0.974. The van der Waals surface area contributed by atoms with Gasteiger partial charge in [0.25, 0.3) is 0 Å². The van der Waals surface area contributed by atoms with Crippen molar-refractivity contribution in [1.82, 2.24) is 0 Å². The molecule has 4 heteroatoms. The standard InChI is InChI=1S/C10H5FINS/c11-8-5-7-2-1-6(3-4-13)9(12)10(7)14-8/h1-2,5H,3H2. The Hall–Kier alpha value is -0.670. The summed E-state index contributed by atoms with van der Waals surface area (Å²) in [7, 11) is 0. The van der Waals surface area contributed by atoms with E-state index in [1.807, 2.05) is 12.1 Å². The van der Waals surface area contributed by atoms with Crippen LogP contribution in [0.15, 0.2) is 18.2 Å². The lowest BCUT2D eigenvalue weighted by Crippen LogP contribution is -1.85. The Labute approximate surface area is 98.3 Å². The van der Waals surface area contributed by atoms with Crippen LogP contribution in [0.5, 0.6) is 0 Å². The van der Waals surface area contributed by atoms with Crippen molar-refractivity contribution in [3.63, 3.8) is 0 Å². The Morgan fingerprint density at radius 3 is 3.00 bits per heavy atom. The fraction of sp³-hybridized carbons (Fsp3) is 0.100. The van der Waals surface area contributed by atoms with Crippen LogP contribution in [0.2, 0.25) is 0 Å². The summed E-state index contributed by atoms with van der Waals surface area (Å²) < 4.78 is 14.9. The quantitative estimate of drug-likeness (QED) is 0.736. The second-order valence-electron chi connectivity index (χ2n) is 2.84. The van der Waals surface area contributed by atoms with Gasteiger partial charge in [0.1, 0.15) is 0 Å². The molecule has 0 saturated heterocycles. The van der Waals surface area contributed by atoms with E-state index in [-0.39, 0.29) is 5.13 Å². The van der Waals surface area contributed by atoms with Crippen molar-refractivity contribution < 1.29 is 4.39 Å². The van der Waals surface area contributed by atoms with E-state index in [9.17, 15) is 4.39 Å². The highest BCUT2D eigenvalue weighted by atomic mass is 127. The Balaban J connectivity index is 2.69. The van der Waals surface area contributed by atoms with Crippen molar-refractivity contribution in [3.05, 3.63) is 32.5 Å². The number of nitrogens with zero attached hydrogens (tertiary/aromatic N) is 1. The molecule has 0 aliphatic rings. The minimum atomic E-state index is -0.174. The summed E-state index contributed by atoms with van der Waals surface area (Å²) >= 11 is 3.30. The Bertz CT molecular complexity index is 527. The van der Waals surface area contributed by atoms with Gasteiger partial charge in [-0.1, -0.05) is 12.1 Å². The minimum absolute atomic E-state index is 0.174. The lowest BCUT2D eigenvalue weighted by Gasteiger charge is -1.99. The SMILES string of the molecule is N#CCc1ccc2cc(F)sc2c1I. The first-order chi connectivity index (χ1) is 6.72. The number of rotatable bonds is 1. The largest absolute Gasteiger partial charge is 0.198 e. The van der Waals surface area contributed by atoms with Crippen LogP contribution in [0.4, 0.5) is 4.39 Å². The van der Waals surface area contributed by atoms with E-state index in [1.165, 1.54) is 6.07 Å². The van der Waals surface area contributed by atoms with E-state index < -0.39 is 0 Å². The molecule has 14 heavy (non-hydrogen) atoms. The van der Waals surface area contributed by atoms with E-state index in [2.05, 4.69) is 28.7 Å². The van der Waals surface area contributed by atoms with Crippen LogP contribution in [-0.2, 0) is 6.42 Å². The summed E-state index contributed by atoms with van der Waals surface area (Å²) in [5.74, 6) is 0. The second-order valence-corrected chi connectivity index (χ2v) is 4.92. The van der Waals surface area contributed by atoms with Crippen molar-refractivity contribution in [2.24, 2.45) is 0 Å². The third-order valence-corrected chi connectivity index (χ3v) is 4.50. The van der Waals surface area contributed by atoms with Gasteiger partial charge in [-0.3, -0.25) is 0 Å². The molecule has 0 fully saturated rings. The zero-order valence-corrected chi connectivity index (χ0v) is 10.0. The third kappa shape index (κ3) is 1.62. The van der Waals surface area contributed by atoms with Crippen LogP contribution < -0.4 is 0 Å². The fourth-order valence-corrected chi connectivity index (χ4v) is 3.16. The average molecular weight is 317 g/mol. The van der Waals surface area contributed by atoms with Gasteiger partial charge in [-0.15, -0.1) is 11.3 Å². The number of thiophene rings is 1. The van der Waals surface area contributed by atoms with Crippen molar-refractivity contribution in [3.8, 4) is 6.07 Å². The number of halogens is 2. The molecule has 1 aromatic heterocycles. The van der Waals surface area contributed by atoms with E-state index in [0.29, 0.717) is 6.42 Å². The number of hydrogen-bond acceptors (Lipinski definition) is 2. The van der Waals surface area contributed by atoms with Crippen LogP contribution in [0.25, 0.3) is 10.1 Å². The van der Waals surface area contributed by atoms with Crippen LogP contribution >= 0.6 is 33.9 Å². The maximum atomic E-state index is 13.0. The van der Waals surface area contributed by atoms with Gasteiger partial charge >= 0.3 is 0 Å². The van der Waals surface area contributed by atoms with E-state index in [4.69, 9.17) is 5.26 Å². The lowest BCUT2D eigenvalue weighted by atomic mass is 10.1. The molecular formula is C10H5FINS. The van der Waals surface area contributed by atoms with Gasteiger partial charge in [0.15, 0.2) is 5.13 Å². The summed E-state index contributed by atoms with van der Waals surface area (Å²) in [4.78, 5) is 0. The highest BCUT2D eigenvalue weighted by molar-refractivity contribution is 14.1. The normalized spacial score (nSPS) is 10.4. The molecular weight excluding hydrogens is 312 g/mol. The molecule has 1 heterocycles. The number of hydrogen-bond donors (Lipinski definition) is 0. The minimum Gasteiger partial charge on any atom is -0.198 e. The highest BCUT2D eigenvalue weighted by Crippen LogP contribution is 2.31. The molecule has 0 atom stereocenters. The topological polar surface area (TPSA) is 23.8 Å². The maximum absolute atomic E-state index is 13.0. The molecule has 70 valence electrons. The molecule has 0 aliphatic carbocycles. The van der Waals surface area contributed by atoms with Gasteiger partial charge in [0.2, 0.25) is 0 Å². The first kappa shape index (κ1) is 9.87. The molecule has 0 N–H and O–H groups in total. The maximum Gasteiger partial charge on any atom is 0.177 e. The smallest absolute Gasteiger partial charge is 0.177 e. The van der Waals surface area contributed by atoms with Crippen LogP contribution in [0, 0.1) is 20.0 Å².